The zero-order chi connectivity index (χ0) is 17.8. The first-order chi connectivity index (χ1) is 11.8. The van der Waals surface area contributed by atoms with Crippen LogP contribution in [0.4, 0.5) is 4.39 Å². The maximum absolute atomic E-state index is 12.9. The van der Waals surface area contributed by atoms with Gasteiger partial charge in [-0.3, -0.25) is 4.98 Å². The number of hydrogen-bond acceptors (Lipinski definition) is 2. The van der Waals surface area contributed by atoms with Gasteiger partial charge in [-0.2, -0.15) is 5.10 Å². The lowest BCUT2D eigenvalue weighted by atomic mass is 10.2. The van der Waals surface area contributed by atoms with Crippen molar-refractivity contribution in [2.24, 2.45) is 0 Å². The lowest BCUT2D eigenvalue weighted by Crippen LogP contribution is -1.93. The Morgan fingerprint density at radius 3 is 2.04 bits per heavy atom. The molecule has 3 nitrogen and oxygen atoms in total. The van der Waals surface area contributed by atoms with Gasteiger partial charge in [0.2, 0.25) is 0 Å². The number of nitrogens with zero attached hydrogens (tertiary/aromatic N) is 3. The van der Waals surface area contributed by atoms with Crippen LogP contribution in [0.15, 0.2) is 61.2 Å². The third-order valence-electron chi connectivity index (χ3n) is 2.71. The fraction of sp³-hybridized carbons (Fsp3) is 0.200. The summed E-state index contributed by atoms with van der Waals surface area (Å²) in [7, 11) is 0. The third kappa shape index (κ3) is 5.69. The molecule has 124 valence electrons. The molecular weight excluding hydrogens is 301 g/mol. The van der Waals surface area contributed by atoms with Gasteiger partial charge in [-0.05, 0) is 36.4 Å². The summed E-state index contributed by atoms with van der Waals surface area (Å²) in [6.45, 7) is 8.00. The van der Waals surface area contributed by atoms with E-state index in [9.17, 15) is 4.39 Å². The van der Waals surface area contributed by atoms with Gasteiger partial charge in [-0.15, -0.1) is 0 Å². The Bertz CT molecular complexity index is 766. The van der Waals surface area contributed by atoms with Gasteiger partial charge in [0.15, 0.2) is 0 Å². The van der Waals surface area contributed by atoms with Crippen molar-refractivity contribution in [1.29, 1.82) is 0 Å². The molecule has 4 heteroatoms. The molecule has 0 N–H and O–H groups in total. The van der Waals surface area contributed by atoms with E-state index in [4.69, 9.17) is 0 Å². The Morgan fingerprint density at radius 1 is 0.833 bits per heavy atom. The molecule has 0 aliphatic carbocycles. The summed E-state index contributed by atoms with van der Waals surface area (Å²) in [6.07, 6.45) is 6.89. The minimum absolute atomic E-state index is 0.265. The Labute approximate surface area is 143 Å². The highest BCUT2D eigenvalue weighted by atomic mass is 19.1. The molecule has 0 unspecified atom stereocenters. The predicted octanol–water partition coefficient (Wildman–Crippen LogP) is 4.86. The van der Waals surface area contributed by atoms with Crippen LogP contribution in [-0.2, 0) is 0 Å². The summed E-state index contributed by atoms with van der Waals surface area (Å²) in [6, 6.07) is 9.83. The normalized spacial score (nSPS) is 8.71. The molecule has 0 bridgehead atoms. The molecule has 1 aromatic carbocycles. The zero-order valence-corrected chi connectivity index (χ0v) is 14.5. The topological polar surface area (TPSA) is 30.7 Å². The molecule has 0 saturated heterocycles. The molecule has 0 radical (unpaired) electrons. The standard InChI is InChI=1S/C16H10FN3.2C2H6/c17-15-3-5-16(6-4-15)20-12-14(11-19-20)2-1-13-7-9-18-10-8-13;2*1-2/h3-12H;2*1-2H3. The number of halogens is 1. The number of hydrogen-bond donors (Lipinski definition) is 0. The lowest BCUT2D eigenvalue weighted by molar-refractivity contribution is 0.627. The fourth-order valence-electron chi connectivity index (χ4n) is 1.70. The van der Waals surface area contributed by atoms with Gasteiger partial charge < -0.3 is 0 Å². The molecule has 0 aliphatic heterocycles. The SMILES string of the molecule is CC.CC.Fc1ccc(-n2cc(C#Cc3ccncc3)cn2)cc1. The molecule has 0 aliphatic rings. The van der Waals surface area contributed by atoms with Crippen LogP contribution in [0.5, 0.6) is 0 Å². The van der Waals surface area contributed by atoms with Crippen LogP contribution in [0.3, 0.4) is 0 Å². The number of aromatic nitrogens is 3. The molecular formula is C20H22FN3. The average Bonchev–Trinajstić information content (AvgIpc) is 3.14. The van der Waals surface area contributed by atoms with Gasteiger partial charge in [-0.1, -0.05) is 39.5 Å². The summed E-state index contributed by atoms with van der Waals surface area (Å²) in [5, 5.41) is 4.21. The van der Waals surface area contributed by atoms with E-state index in [0.717, 1.165) is 16.8 Å². The van der Waals surface area contributed by atoms with Gasteiger partial charge in [0.1, 0.15) is 5.82 Å². The first kappa shape index (κ1) is 19.1. The van der Waals surface area contributed by atoms with Crippen molar-refractivity contribution in [1.82, 2.24) is 14.8 Å². The summed E-state index contributed by atoms with van der Waals surface area (Å²) in [4.78, 5) is 3.94. The van der Waals surface area contributed by atoms with Crippen LogP contribution in [-0.4, -0.2) is 14.8 Å². The molecule has 3 aromatic rings. The predicted molar refractivity (Wildman–Crippen MR) is 96.4 cm³/mol. The summed E-state index contributed by atoms with van der Waals surface area (Å²) < 4.78 is 14.5. The second kappa shape index (κ2) is 10.7. The van der Waals surface area contributed by atoms with E-state index in [0.29, 0.717) is 0 Å². The highest BCUT2D eigenvalue weighted by Crippen LogP contribution is 2.09. The van der Waals surface area contributed by atoms with Crippen molar-refractivity contribution in [3.63, 3.8) is 0 Å². The molecule has 0 amide bonds. The van der Waals surface area contributed by atoms with E-state index in [1.54, 1.807) is 41.6 Å². The van der Waals surface area contributed by atoms with Crippen molar-refractivity contribution >= 4 is 0 Å². The van der Waals surface area contributed by atoms with Gasteiger partial charge >= 0.3 is 0 Å². The van der Waals surface area contributed by atoms with Crippen molar-refractivity contribution in [2.75, 3.05) is 0 Å². The molecule has 0 fully saturated rings. The Hall–Kier alpha value is -2.93. The molecule has 2 heterocycles. The minimum atomic E-state index is -0.265. The van der Waals surface area contributed by atoms with E-state index in [1.807, 2.05) is 39.8 Å². The quantitative estimate of drug-likeness (QED) is 0.599. The smallest absolute Gasteiger partial charge is 0.123 e. The first-order valence-electron chi connectivity index (χ1n) is 8.04. The average molecular weight is 323 g/mol. The lowest BCUT2D eigenvalue weighted by Gasteiger charge is -1.99. The van der Waals surface area contributed by atoms with Crippen molar-refractivity contribution in [3.8, 4) is 17.5 Å². The zero-order valence-electron chi connectivity index (χ0n) is 14.5. The monoisotopic (exact) mass is 323 g/mol. The summed E-state index contributed by atoms with van der Waals surface area (Å²) in [5.74, 6) is 5.79. The Balaban J connectivity index is 0.000000671. The largest absolute Gasteiger partial charge is 0.265 e. The first-order valence-corrected chi connectivity index (χ1v) is 8.04. The summed E-state index contributed by atoms with van der Waals surface area (Å²) in [5.41, 5.74) is 2.49. The van der Waals surface area contributed by atoms with E-state index >= 15 is 0 Å². The highest BCUT2D eigenvalue weighted by Gasteiger charge is 1.99. The van der Waals surface area contributed by atoms with Crippen LogP contribution in [0.2, 0.25) is 0 Å². The van der Waals surface area contributed by atoms with Crippen molar-refractivity contribution in [2.45, 2.75) is 27.7 Å². The molecule has 0 saturated carbocycles. The van der Waals surface area contributed by atoms with Crippen LogP contribution in [0.25, 0.3) is 5.69 Å². The van der Waals surface area contributed by atoms with Gasteiger partial charge in [0.25, 0.3) is 0 Å². The van der Waals surface area contributed by atoms with Crippen molar-refractivity contribution in [3.05, 3.63) is 78.1 Å². The second-order valence-corrected chi connectivity index (χ2v) is 4.14. The van der Waals surface area contributed by atoms with Crippen LogP contribution in [0.1, 0.15) is 38.8 Å². The number of pyridine rings is 1. The number of benzene rings is 1. The highest BCUT2D eigenvalue weighted by molar-refractivity contribution is 5.41. The number of rotatable bonds is 1. The van der Waals surface area contributed by atoms with Crippen LogP contribution >= 0.6 is 0 Å². The second-order valence-electron chi connectivity index (χ2n) is 4.14. The van der Waals surface area contributed by atoms with Gasteiger partial charge in [-0.25, -0.2) is 9.07 Å². The van der Waals surface area contributed by atoms with E-state index in [2.05, 4.69) is 21.9 Å². The van der Waals surface area contributed by atoms with Gasteiger partial charge in [0.05, 0.1) is 17.4 Å². The molecule has 0 spiro atoms. The van der Waals surface area contributed by atoms with E-state index in [-0.39, 0.29) is 5.82 Å². The van der Waals surface area contributed by atoms with Crippen LogP contribution < -0.4 is 0 Å². The Kier molecular flexibility index (Phi) is 8.55. The third-order valence-corrected chi connectivity index (χ3v) is 2.71. The van der Waals surface area contributed by atoms with Crippen molar-refractivity contribution < 1.29 is 4.39 Å². The molecule has 0 atom stereocenters. The fourth-order valence-corrected chi connectivity index (χ4v) is 1.70. The van der Waals surface area contributed by atoms with Crippen LogP contribution in [0, 0.1) is 17.7 Å². The maximum atomic E-state index is 12.9. The maximum Gasteiger partial charge on any atom is 0.123 e. The molecule has 3 rings (SSSR count). The molecule has 2 aromatic heterocycles. The minimum Gasteiger partial charge on any atom is -0.265 e. The Morgan fingerprint density at radius 2 is 1.42 bits per heavy atom. The van der Waals surface area contributed by atoms with Gasteiger partial charge in [0, 0.05) is 24.2 Å². The summed E-state index contributed by atoms with van der Waals surface area (Å²) >= 11 is 0. The van der Waals surface area contributed by atoms with E-state index < -0.39 is 0 Å². The molecule has 24 heavy (non-hydrogen) atoms. The van der Waals surface area contributed by atoms with E-state index in [1.165, 1.54) is 12.1 Å².